The summed E-state index contributed by atoms with van der Waals surface area (Å²) in [6, 6.07) is 75.4. The van der Waals surface area contributed by atoms with Gasteiger partial charge in [-0.25, -0.2) is 0 Å². The van der Waals surface area contributed by atoms with Gasteiger partial charge in [-0.3, -0.25) is 0 Å². The number of hydrogen-bond acceptors (Lipinski definition) is 1. The van der Waals surface area contributed by atoms with Gasteiger partial charge in [-0.05, 0) is 111 Å². The molecule has 0 saturated heterocycles. The largest absolute Gasteiger partial charge is 0.309 e. The molecule has 0 saturated carbocycles. The lowest BCUT2D eigenvalue weighted by Gasteiger charge is -2.35. The Morgan fingerprint density at radius 3 is 1.51 bits per heavy atom. The van der Waals surface area contributed by atoms with Crippen LogP contribution >= 0.6 is 0 Å². The van der Waals surface area contributed by atoms with E-state index in [1.807, 2.05) is 0 Å². The number of hydrogen-bond donors (Lipinski definition) is 0. The average molecular weight is 701 g/mol. The van der Waals surface area contributed by atoms with Crippen LogP contribution in [-0.2, 0) is 6.42 Å². The summed E-state index contributed by atoms with van der Waals surface area (Å²) in [5.41, 5.74) is 17.3. The molecule has 0 atom stereocenters. The first-order chi connectivity index (χ1) is 27.3. The lowest BCUT2D eigenvalue weighted by molar-refractivity contribution is 1.09. The van der Waals surface area contributed by atoms with Crippen LogP contribution in [0.1, 0.15) is 11.1 Å². The number of fused-ring (bicyclic) bond motifs is 6. The van der Waals surface area contributed by atoms with Gasteiger partial charge >= 0.3 is 0 Å². The fraction of sp³-hybridized carbons (Fsp3) is 0.0189. The molecular weight excluding hydrogens is 665 g/mol. The third kappa shape index (κ3) is 5.26. The number of rotatable bonds is 5. The van der Waals surface area contributed by atoms with Crippen LogP contribution in [0.5, 0.6) is 0 Å². The summed E-state index contributed by atoms with van der Waals surface area (Å²) in [4.78, 5) is 2.48. The molecule has 2 nitrogen and oxygen atoms in total. The van der Waals surface area contributed by atoms with Gasteiger partial charge < -0.3 is 9.47 Å². The molecule has 2 heterocycles. The quantitative estimate of drug-likeness (QED) is 0.174. The molecule has 0 unspecified atom stereocenters. The van der Waals surface area contributed by atoms with Crippen LogP contribution in [-0.4, -0.2) is 4.57 Å². The first-order valence-corrected chi connectivity index (χ1v) is 19.1. The van der Waals surface area contributed by atoms with Crippen LogP contribution in [0.4, 0.5) is 17.1 Å². The summed E-state index contributed by atoms with van der Waals surface area (Å²) >= 11 is 0. The Kier molecular flexibility index (Phi) is 7.28. The zero-order valence-electron chi connectivity index (χ0n) is 30.2. The third-order valence-electron chi connectivity index (χ3n) is 11.4. The van der Waals surface area contributed by atoms with E-state index in [0.717, 1.165) is 12.1 Å². The molecule has 1 aromatic heterocycles. The van der Waals surface area contributed by atoms with Crippen molar-refractivity contribution in [2.24, 2.45) is 0 Å². The van der Waals surface area contributed by atoms with Crippen molar-refractivity contribution in [2.45, 2.75) is 6.42 Å². The second-order valence-corrected chi connectivity index (χ2v) is 14.6. The van der Waals surface area contributed by atoms with Crippen LogP contribution in [0.3, 0.4) is 0 Å². The predicted molar refractivity (Wildman–Crippen MR) is 232 cm³/mol. The maximum absolute atomic E-state index is 2.48. The van der Waals surface area contributed by atoms with Crippen LogP contribution in [0, 0.1) is 0 Å². The van der Waals surface area contributed by atoms with Crippen molar-refractivity contribution < 1.29 is 0 Å². The normalized spacial score (nSPS) is 12.3. The molecule has 0 fully saturated rings. The highest BCUT2D eigenvalue weighted by Gasteiger charge is 2.26. The molecule has 0 spiro atoms. The van der Waals surface area contributed by atoms with Gasteiger partial charge in [0, 0.05) is 39.6 Å². The maximum Gasteiger partial charge on any atom is 0.0541 e. The maximum atomic E-state index is 2.48. The summed E-state index contributed by atoms with van der Waals surface area (Å²) < 4.78 is 2.40. The SMILES string of the molecule is c1ccc(-c2ccc3c(c2)Cc2cc(-c4ccc(-n5c6ccccc6c6cc(-c7ccccc7)ccc65)cc4)ccc2N3c2cccc3ccccc23)cc1. The molecule has 0 bridgehead atoms. The van der Waals surface area contributed by atoms with Crippen molar-refractivity contribution in [3.8, 4) is 39.1 Å². The van der Waals surface area contributed by atoms with Crippen molar-refractivity contribution in [1.82, 2.24) is 4.57 Å². The molecule has 0 N–H and O–H groups in total. The molecule has 11 rings (SSSR count). The zero-order chi connectivity index (χ0) is 36.3. The fourth-order valence-electron chi connectivity index (χ4n) is 8.74. The second kappa shape index (κ2) is 12.8. The van der Waals surface area contributed by atoms with E-state index in [2.05, 4.69) is 216 Å². The van der Waals surface area contributed by atoms with Gasteiger partial charge in [0.1, 0.15) is 0 Å². The topological polar surface area (TPSA) is 8.17 Å². The minimum Gasteiger partial charge on any atom is -0.309 e. The lowest BCUT2D eigenvalue weighted by atomic mass is 9.89. The molecule has 1 aliphatic heterocycles. The van der Waals surface area contributed by atoms with Crippen LogP contribution in [0.25, 0.3) is 71.6 Å². The van der Waals surface area contributed by atoms with Crippen LogP contribution in [0.2, 0.25) is 0 Å². The Balaban J connectivity index is 1.01. The predicted octanol–water partition coefficient (Wildman–Crippen LogP) is 14.3. The van der Waals surface area contributed by atoms with E-state index in [1.54, 1.807) is 0 Å². The summed E-state index contributed by atoms with van der Waals surface area (Å²) in [6.07, 6.45) is 0.866. The Morgan fingerprint density at radius 2 is 0.818 bits per heavy atom. The molecule has 2 heteroatoms. The summed E-state index contributed by atoms with van der Waals surface area (Å²) in [7, 11) is 0. The number of anilines is 3. The first-order valence-electron chi connectivity index (χ1n) is 19.1. The average Bonchev–Trinajstić information content (AvgIpc) is 3.59. The first kappa shape index (κ1) is 31.4. The molecule has 0 radical (unpaired) electrons. The Hall–Kier alpha value is -7.16. The number of aromatic nitrogens is 1. The van der Waals surface area contributed by atoms with Crippen molar-refractivity contribution in [2.75, 3.05) is 4.90 Å². The van der Waals surface area contributed by atoms with Crippen LogP contribution < -0.4 is 4.90 Å². The number of benzene rings is 9. The highest BCUT2D eigenvalue weighted by atomic mass is 15.2. The monoisotopic (exact) mass is 700 g/mol. The standard InChI is InChI=1S/C53H36N2/c1-3-12-36(13-4-1)40-24-29-49-43(32-40)34-44-33-41(25-30-50(44)55(49)51-21-11-17-39-16-7-8-18-46(39)51)38-22-27-45(28-23-38)54-52-20-10-9-19-47(52)48-35-42(26-31-53(48)54)37-14-5-2-6-15-37/h1-33,35H,34H2. The highest BCUT2D eigenvalue weighted by molar-refractivity contribution is 6.10. The van der Waals surface area contributed by atoms with E-state index in [1.165, 1.54) is 94.1 Å². The molecule has 258 valence electrons. The fourth-order valence-corrected chi connectivity index (χ4v) is 8.74. The smallest absolute Gasteiger partial charge is 0.0541 e. The van der Waals surface area contributed by atoms with E-state index < -0.39 is 0 Å². The molecule has 0 aliphatic carbocycles. The minimum absolute atomic E-state index is 0.866. The highest BCUT2D eigenvalue weighted by Crippen LogP contribution is 2.48. The number of para-hydroxylation sites is 1. The molecule has 1 aliphatic rings. The van der Waals surface area contributed by atoms with Gasteiger partial charge in [0.05, 0.1) is 16.7 Å². The Morgan fingerprint density at radius 1 is 0.309 bits per heavy atom. The van der Waals surface area contributed by atoms with Crippen molar-refractivity contribution in [3.63, 3.8) is 0 Å². The second-order valence-electron chi connectivity index (χ2n) is 14.6. The molecule has 9 aromatic carbocycles. The van der Waals surface area contributed by atoms with Gasteiger partial charge in [0.25, 0.3) is 0 Å². The molecule has 55 heavy (non-hydrogen) atoms. The van der Waals surface area contributed by atoms with E-state index >= 15 is 0 Å². The summed E-state index contributed by atoms with van der Waals surface area (Å²) in [5.74, 6) is 0. The molecule has 0 amide bonds. The molecular formula is C53H36N2. The lowest BCUT2D eigenvalue weighted by Crippen LogP contribution is -2.19. The van der Waals surface area contributed by atoms with Crippen molar-refractivity contribution in [1.29, 1.82) is 0 Å². The van der Waals surface area contributed by atoms with Gasteiger partial charge in [0.2, 0.25) is 0 Å². The number of nitrogens with zero attached hydrogens (tertiary/aromatic N) is 2. The van der Waals surface area contributed by atoms with Gasteiger partial charge in [-0.2, -0.15) is 0 Å². The van der Waals surface area contributed by atoms with E-state index in [-0.39, 0.29) is 0 Å². The third-order valence-corrected chi connectivity index (χ3v) is 11.4. The summed E-state index contributed by atoms with van der Waals surface area (Å²) in [6.45, 7) is 0. The minimum atomic E-state index is 0.866. The van der Waals surface area contributed by atoms with Gasteiger partial charge in [0.15, 0.2) is 0 Å². The van der Waals surface area contributed by atoms with E-state index in [4.69, 9.17) is 0 Å². The molecule has 10 aromatic rings. The Bertz CT molecular complexity index is 3040. The van der Waals surface area contributed by atoms with E-state index in [0.29, 0.717) is 0 Å². The van der Waals surface area contributed by atoms with Crippen molar-refractivity contribution >= 4 is 49.6 Å². The Labute approximate surface area is 320 Å². The summed E-state index contributed by atoms with van der Waals surface area (Å²) in [5, 5.41) is 5.02. The van der Waals surface area contributed by atoms with Gasteiger partial charge in [-0.15, -0.1) is 0 Å². The van der Waals surface area contributed by atoms with E-state index in [9.17, 15) is 0 Å². The van der Waals surface area contributed by atoms with Gasteiger partial charge in [-0.1, -0.05) is 146 Å². The van der Waals surface area contributed by atoms with Crippen molar-refractivity contribution in [3.05, 3.63) is 217 Å². The van der Waals surface area contributed by atoms with Crippen LogP contribution in [0.15, 0.2) is 206 Å². The zero-order valence-corrected chi connectivity index (χ0v) is 30.2.